The lowest BCUT2D eigenvalue weighted by atomic mass is 10.1. The van der Waals surface area contributed by atoms with Gasteiger partial charge in [0.15, 0.2) is 0 Å². The van der Waals surface area contributed by atoms with Gasteiger partial charge in [0.2, 0.25) is 0 Å². The Labute approximate surface area is 103 Å². The number of hydrogen-bond donors (Lipinski definition) is 2. The third-order valence-corrected chi connectivity index (χ3v) is 4.31. The van der Waals surface area contributed by atoms with E-state index in [9.17, 15) is 0 Å². The van der Waals surface area contributed by atoms with Crippen LogP contribution in [0.5, 0.6) is 0 Å². The van der Waals surface area contributed by atoms with Crippen LogP contribution in [0.2, 0.25) is 0 Å². The molecule has 1 unspecified atom stereocenters. The zero-order valence-electron chi connectivity index (χ0n) is 9.23. The summed E-state index contributed by atoms with van der Waals surface area (Å²) < 4.78 is 0. The van der Waals surface area contributed by atoms with Crippen LogP contribution in [0.3, 0.4) is 0 Å². The second kappa shape index (κ2) is 5.01. The Kier molecular flexibility index (Phi) is 3.65. The van der Waals surface area contributed by atoms with Crippen molar-refractivity contribution in [2.75, 3.05) is 0 Å². The van der Waals surface area contributed by atoms with E-state index in [4.69, 9.17) is 5.84 Å². The first-order chi connectivity index (χ1) is 7.70. The van der Waals surface area contributed by atoms with Crippen molar-refractivity contribution in [3.63, 3.8) is 0 Å². The van der Waals surface area contributed by atoms with Crippen LogP contribution in [0.4, 0.5) is 0 Å². The third kappa shape index (κ3) is 2.46. The minimum atomic E-state index is 0.109. The van der Waals surface area contributed by atoms with Crippen LogP contribution in [-0.2, 0) is 6.42 Å². The molecule has 0 aliphatic carbocycles. The Morgan fingerprint density at radius 2 is 2.31 bits per heavy atom. The highest BCUT2D eigenvalue weighted by Gasteiger charge is 2.17. The zero-order chi connectivity index (χ0) is 11.5. The van der Waals surface area contributed by atoms with Gasteiger partial charge in [-0.3, -0.25) is 11.3 Å². The fourth-order valence-electron chi connectivity index (χ4n) is 1.63. The molecule has 3 N–H and O–H groups in total. The molecule has 0 saturated heterocycles. The van der Waals surface area contributed by atoms with Crippen molar-refractivity contribution < 1.29 is 0 Å². The van der Waals surface area contributed by atoms with Gasteiger partial charge in [-0.05, 0) is 13.8 Å². The van der Waals surface area contributed by atoms with Crippen LogP contribution < -0.4 is 11.3 Å². The lowest BCUT2D eigenvalue weighted by Gasteiger charge is -2.12. The van der Waals surface area contributed by atoms with Gasteiger partial charge < -0.3 is 0 Å². The predicted octanol–water partition coefficient (Wildman–Crippen LogP) is 1.96. The van der Waals surface area contributed by atoms with E-state index in [0.717, 1.165) is 22.1 Å². The van der Waals surface area contributed by atoms with E-state index in [1.807, 2.05) is 25.4 Å². The van der Waals surface area contributed by atoms with E-state index < -0.39 is 0 Å². The number of aryl methyl sites for hydroxylation is 2. The minimum Gasteiger partial charge on any atom is -0.271 e. The normalized spacial score (nSPS) is 12.9. The second-order valence-corrected chi connectivity index (χ2v) is 5.75. The molecule has 2 heterocycles. The van der Waals surface area contributed by atoms with Gasteiger partial charge in [0, 0.05) is 22.9 Å². The summed E-state index contributed by atoms with van der Waals surface area (Å²) in [5, 5.41) is 4.15. The van der Waals surface area contributed by atoms with Crippen molar-refractivity contribution >= 4 is 22.7 Å². The summed E-state index contributed by atoms with van der Waals surface area (Å²) in [7, 11) is 0. The lowest BCUT2D eigenvalue weighted by Crippen LogP contribution is -2.29. The van der Waals surface area contributed by atoms with Crippen molar-refractivity contribution in [1.82, 2.24) is 15.4 Å². The van der Waals surface area contributed by atoms with Gasteiger partial charge in [0.05, 0.1) is 21.8 Å². The van der Waals surface area contributed by atoms with Gasteiger partial charge in [0.25, 0.3) is 0 Å². The lowest BCUT2D eigenvalue weighted by molar-refractivity contribution is 0.556. The highest BCUT2D eigenvalue weighted by atomic mass is 32.1. The Morgan fingerprint density at radius 1 is 1.50 bits per heavy atom. The van der Waals surface area contributed by atoms with Crippen molar-refractivity contribution in [1.29, 1.82) is 0 Å². The molecule has 0 fully saturated rings. The van der Waals surface area contributed by atoms with E-state index >= 15 is 0 Å². The summed E-state index contributed by atoms with van der Waals surface area (Å²) in [6, 6.07) is 0.109. The minimum absolute atomic E-state index is 0.109. The SMILES string of the molecule is Cc1nc(C)c(C(Cc2nccs2)NN)s1. The Hall–Kier alpha value is -0.820. The summed E-state index contributed by atoms with van der Waals surface area (Å²) in [6.07, 6.45) is 2.63. The first-order valence-electron chi connectivity index (χ1n) is 4.99. The smallest absolute Gasteiger partial charge is 0.0944 e. The van der Waals surface area contributed by atoms with Crippen molar-refractivity contribution in [2.24, 2.45) is 5.84 Å². The average molecular weight is 254 g/mol. The van der Waals surface area contributed by atoms with E-state index in [1.54, 1.807) is 22.7 Å². The summed E-state index contributed by atoms with van der Waals surface area (Å²) in [6.45, 7) is 4.03. The van der Waals surface area contributed by atoms with Crippen molar-refractivity contribution in [3.8, 4) is 0 Å². The number of thiazole rings is 2. The van der Waals surface area contributed by atoms with Gasteiger partial charge in [-0.15, -0.1) is 22.7 Å². The maximum absolute atomic E-state index is 5.61. The van der Waals surface area contributed by atoms with E-state index in [0.29, 0.717) is 0 Å². The van der Waals surface area contributed by atoms with Crippen LogP contribution in [-0.4, -0.2) is 9.97 Å². The first kappa shape index (κ1) is 11.7. The fraction of sp³-hybridized carbons (Fsp3) is 0.400. The quantitative estimate of drug-likeness (QED) is 0.647. The number of nitrogens with zero attached hydrogens (tertiary/aromatic N) is 2. The predicted molar refractivity (Wildman–Crippen MR) is 67.5 cm³/mol. The first-order valence-corrected chi connectivity index (χ1v) is 6.68. The number of nitrogens with two attached hydrogens (primary N) is 1. The average Bonchev–Trinajstić information content (AvgIpc) is 2.85. The van der Waals surface area contributed by atoms with Crippen molar-refractivity contribution in [2.45, 2.75) is 26.3 Å². The highest BCUT2D eigenvalue weighted by molar-refractivity contribution is 7.11. The fourth-order valence-corrected chi connectivity index (χ4v) is 3.28. The van der Waals surface area contributed by atoms with Gasteiger partial charge in [-0.2, -0.15) is 0 Å². The van der Waals surface area contributed by atoms with E-state index in [1.165, 1.54) is 4.88 Å². The van der Waals surface area contributed by atoms with Crippen LogP contribution in [0.25, 0.3) is 0 Å². The van der Waals surface area contributed by atoms with Crippen LogP contribution in [0.1, 0.15) is 26.6 Å². The second-order valence-electron chi connectivity index (χ2n) is 3.53. The standard InChI is InChI=1S/C10H14N4S2/c1-6-10(16-7(2)13-6)8(14-11)5-9-12-3-4-15-9/h3-4,8,14H,5,11H2,1-2H3. The summed E-state index contributed by atoms with van der Waals surface area (Å²) in [5.41, 5.74) is 3.91. The molecule has 0 aliphatic heterocycles. The molecule has 0 saturated carbocycles. The van der Waals surface area contributed by atoms with Gasteiger partial charge in [-0.25, -0.2) is 9.97 Å². The summed E-state index contributed by atoms with van der Waals surface area (Å²) in [4.78, 5) is 9.89. The van der Waals surface area contributed by atoms with Crippen LogP contribution >= 0.6 is 22.7 Å². The Morgan fingerprint density at radius 3 is 2.81 bits per heavy atom. The molecule has 6 heteroatoms. The number of nitrogens with one attached hydrogen (secondary N) is 1. The molecule has 16 heavy (non-hydrogen) atoms. The zero-order valence-corrected chi connectivity index (χ0v) is 10.9. The molecular formula is C10H14N4S2. The summed E-state index contributed by atoms with van der Waals surface area (Å²) >= 11 is 3.34. The molecule has 0 aliphatic rings. The molecule has 1 atom stereocenters. The molecule has 0 spiro atoms. The van der Waals surface area contributed by atoms with Crippen LogP contribution in [0, 0.1) is 13.8 Å². The maximum Gasteiger partial charge on any atom is 0.0944 e. The Balaban J connectivity index is 2.19. The van der Waals surface area contributed by atoms with E-state index in [2.05, 4.69) is 15.4 Å². The molecule has 86 valence electrons. The van der Waals surface area contributed by atoms with Gasteiger partial charge >= 0.3 is 0 Å². The Bertz CT molecular complexity index is 449. The third-order valence-electron chi connectivity index (χ3n) is 2.32. The molecule has 0 aromatic carbocycles. The number of hydrogen-bond acceptors (Lipinski definition) is 6. The molecule has 2 rings (SSSR count). The highest BCUT2D eigenvalue weighted by Crippen LogP contribution is 2.27. The number of rotatable bonds is 4. The molecule has 0 radical (unpaired) electrons. The maximum atomic E-state index is 5.61. The number of aromatic nitrogens is 2. The molecule has 2 aromatic rings. The van der Waals surface area contributed by atoms with Crippen molar-refractivity contribution in [3.05, 3.63) is 32.2 Å². The molecule has 0 bridgehead atoms. The topological polar surface area (TPSA) is 63.8 Å². The molecule has 2 aromatic heterocycles. The van der Waals surface area contributed by atoms with Gasteiger partial charge in [-0.1, -0.05) is 0 Å². The molecular weight excluding hydrogens is 240 g/mol. The molecule has 4 nitrogen and oxygen atoms in total. The van der Waals surface area contributed by atoms with Gasteiger partial charge in [0.1, 0.15) is 0 Å². The summed E-state index contributed by atoms with van der Waals surface area (Å²) in [5.74, 6) is 5.61. The number of hydrazine groups is 1. The van der Waals surface area contributed by atoms with Crippen LogP contribution in [0.15, 0.2) is 11.6 Å². The largest absolute Gasteiger partial charge is 0.271 e. The monoisotopic (exact) mass is 254 g/mol. The van der Waals surface area contributed by atoms with E-state index in [-0.39, 0.29) is 6.04 Å². The molecule has 0 amide bonds.